The quantitative estimate of drug-likeness (QED) is 0.560. The summed E-state index contributed by atoms with van der Waals surface area (Å²) in [6, 6.07) is 10.3. The van der Waals surface area contributed by atoms with Crippen molar-refractivity contribution >= 4 is 43.5 Å². The second-order valence-corrected chi connectivity index (χ2v) is 7.21. The van der Waals surface area contributed by atoms with Gasteiger partial charge < -0.3 is 4.74 Å². The van der Waals surface area contributed by atoms with Crippen molar-refractivity contribution in [2.45, 2.75) is 18.2 Å². The molecule has 1 unspecified atom stereocenters. The van der Waals surface area contributed by atoms with Crippen molar-refractivity contribution in [3.8, 4) is 5.75 Å². The Morgan fingerprint density at radius 3 is 2.80 bits per heavy atom. The minimum atomic E-state index is 0.0746. The van der Waals surface area contributed by atoms with Crippen LogP contribution in [0.1, 0.15) is 27.1 Å². The second kappa shape index (κ2) is 5.70. The van der Waals surface area contributed by atoms with E-state index in [1.807, 2.05) is 12.1 Å². The molecule has 0 radical (unpaired) electrons. The minimum Gasteiger partial charge on any atom is -0.493 e. The largest absolute Gasteiger partial charge is 0.493 e. The molecule has 0 spiro atoms. The number of hydrogen-bond donors (Lipinski definition) is 0. The predicted molar refractivity (Wildman–Crippen MR) is 90.3 cm³/mol. The van der Waals surface area contributed by atoms with Crippen LogP contribution in [0.5, 0.6) is 5.75 Å². The maximum Gasteiger partial charge on any atom is 0.127 e. The first-order valence-corrected chi connectivity index (χ1v) is 8.50. The highest BCUT2D eigenvalue weighted by Gasteiger charge is 2.24. The fourth-order valence-electron chi connectivity index (χ4n) is 2.54. The first-order chi connectivity index (χ1) is 9.56. The number of benzene rings is 2. The molecule has 0 aliphatic carbocycles. The fourth-order valence-corrected chi connectivity index (χ4v) is 4.00. The van der Waals surface area contributed by atoms with Gasteiger partial charge in [-0.15, -0.1) is 0 Å². The zero-order valence-electron chi connectivity index (χ0n) is 10.9. The van der Waals surface area contributed by atoms with E-state index in [2.05, 4.69) is 57.0 Å². The molecule has 20 heavy (non-hydrogen) atoms. The smallest absolute Gasteiger partial charge is 0.127 e. The van der Waals surface area contributed by atoms with E-state index in [0.717, 1.165) is 33.8 Å². The van der Waals surface area contributed by atoms with Gasteiger partial charge in [-0.2, -0.15) is 0 Å². The lowest BCUT2D eigenvalue weighted by atomic mass is 9.98. The highest BCUT2D eigenvalue weighted by atomic mass is 79.9. The molecule has 0 saturated heterocycles. The standard InChI is InChI=1S/C16H13Br2ClO/c1-9-2-3-11(17)7-13(9)15(18)14-8-12(19)6-10-4-5-20-16(10)14/h2-3,6-8,15H,4-5H2,1H3. The van der Waals surface area contributed by atoms with Crippen molar-refractivity contribution in [1.82, 2.24) is 0 Å². The number of ether oxygens (including phenoxy) is 1. The number of halogens is 3. The van der Waals surface area contributed by atoms with Crippen LogP contribution in [0.4, 0.5) is 0 Å². The Morgan fingerprint density at radius 2 is 2.00 bits per heavy atom. The van der Waals surface area contributed by atoms with Crippen LogP contribution in [0.3, 0.4) is 0 Å². The van der Waals surface area contributed by atoms with Gasteiger partial charge in [0.15, 0.2) is 0 Å². The minimum absolute atomic E-state index is 0.0746. The van der Waals surface area contributed by atoms with Crippen LogP contribution in [0, 0.1) is 6.92 Å². The van der Waals surface area contributed by atoms with Crippen molar-refractivity contribution in [3.05, 3.63) is 62.1 Å². The first kappa shape index (κ1) is 14.4. The lowest BCUT2D eigenvalue weighted by Gasteiger charge is -2.17. The number of alkyl halides is 1. The molecule has 0 bridgehead atoms. The normalized spacial score (nSPS) is 14.8. The third-order valence-electron chi connectivity index (χ3n) is 3.56. The van der Waals surface area contributed by atoms with Gasteiger partial charge in [0, 0.05) is 21.5 Å². The van der Waals surface area contributed by atoms with E-state index in [0.29, 0.717) is 0 Å². The molecule has 2 aromatic rings. The fraction of sp³-hybridized carbons (Fsp3) is 0.250. The predicted octanol–water partition coefficient (Wildman–Crippen LogP) is 5.83. The second-order valence-electron chi connectivity index (χ2n) is 4.95. The topological polar surface area (TPSA) is 9.23 Å². The van der Waals surface area contributed by atoms with Crippen LogP contribution in [0.15, 0.2) is 34.8 Å². The van der Waals surface area contributed by atoms with Crippen LogP contribution in [-0.4, -0.2) is 6.61 Å². The third-order valence-corrected chi connectivity index (χ3v) is 5.26. The van der Waals surface area contributed by atoms with Crippen LogP contribution in [0.25, 0.3) is 0 Å². The molecular formula is C16H13Br2ClO. The van der Waals surface area contributed by atoms with E-state index >= 15 is 0 Å². The Bertz CT molecular complexity index is 670. The van der Waals surface area contributed by atoms with E-state index in [1.165, 1.54) is 16.7 Å². The molecule has 3 rings (SSSR count). The number of rotatable bonds is 2. The van der Waals surface area contributed by atoms with Gasteiger partial charge in [0.2, 0.25) is 0 Å². The molecule has 1 heterocycles. The summed E-state index contributed by atoms with van der Waals surface area (Å²) in [5.74, 6) is 0.982. The summed E-state index contributed by atoms with van der Waals surface area (Å²) in [5.41, 5.74) is 4.76. The molecule has 2 aromatic carbocycles. The Morgan fingerprint density at radius 1 is 1.20 bits per heavy atom. The van der Waals surface area contributed by atoms with E-state index in [4.69, 9.17) is 16.3 Å². The summed E-state index contributed by atoms with van der Waals surface area (Å²) in [6.07, 6.45) is 0.931. The van der Waals surface area contributed by atoms with Crippen LogP contribution < -0.4 is 4.74 Å². The van der Waals surface area contributed by atoms with Crippen LogP contribution in [0.2, 0.25) is 5.02 Å². The monoisotopic (exact) mass is 414 g/mol. The van der Waals surface area contributed by atoms with E-state index in [-0.39, 0.29) is 4.83 Å². The lowest BCUT2D eigenvalue weighted by Crippen LogP contribution is -1.99. The van der Waals surface area contributed by atoms with Gasteiger partial charge in [-0.1, -0.05) is 49.5 Å². The summed E-state index contributed by atoms with van der Waals surface area (Å²) in [6.45, 7) is 2.85. The van der Waals surface area contributed by atoms with Crippen molar-refractivity contribution in [1.29, 1.82) is 0 Å². The number of aryl methyl sites for hydroxylation is 1. The van der Waals surface area contributed by atoms with Gasteiger partial charge in [-0.25, -0.2) is 0 Å². The van der Waals surface area contributed by atoms with Crippen molar-refractivity contribution in [2.75, 3.05) is 6.61 Å². The third kappa shape index (κ3) is 2.63. The zero-order chi connectivity index (χ0) is 14.3. The summed E-state index contributed by atoms with van der Waals surface area (Å²) in [7, 11) is 0. The van der Waals surface area contributed by atoms with E-state index < -0.39 is 0 Å². The molecule has 1 atom stereocenters. The van der Waals surface area contributed by atoms with Gasteiger partial charge >= 0.3 is 0 Å². The molecule has 0 N–H and O–H groups in total. The summed E-state index contributed by atoms with van der Waals surface area (Å²) < 4.78 is 6.87. The highest BCUT2D eigenvalue weighted by Crippen LogP contribution is 2.43. The number of fused-ring (bicyclic) bond motifs is 1. The van der Waals surface area contributed by atoms with Gasteiger partial charge in [0.1, 0.15) is 5.75 Å². The molecule has 4 heteroatoms. The average Bonchev–Trinajstić information content (AvgIpc) is 2.87. The van der Waals surface area contributed by atoms with Gasteiger partial charge in [0.25, 0.3) is 0 Å². The van der Waals surface area contributed by atoms with Crippen molar-refractivity contribution in [3.63, 3.8) is 0 Å². The Balaban J connectivity index is 2.11. The SMILES string of the molecule is Cc1ccc(Br)cc1C(Br)c1cc(Cl)cc2c1OCC2. The van der Waals surface area contributed by atoms with Gasteiger partial charge in [-0.3, -0.25) is 0 Å². The summed E-state index contributed by atoms with van der Waals surface area (Å²) in [4.78, 5) is 0.0746. The van der Waals surface area contributed by atoms with Crippen LogP contribution in [-0.2, 0) is 6.42 Å². The lowest BCUT2D eigenvalue weighted by molar-refractivity contribution is 0.354. The summed E-state index contributed by atoms with van der Waals surface area (Å²) >= 11 is 13.6. The molecule has 0 fully saturated rings. The molecule has 1 aliphatic heterocycles. The van der Waals surface area contributed by atoms with Gasteiger partial charge in [-0.05, 0) is 47.9 Å². The molecular weight excluding hydrogens is 403 g/mol. The van der Waals surface area contributed by atoms with Crippen molar-refractivity contribution in [2.24, 2.45) is 0 Å². The van der Waals surface area contributed by atoms with E-state index in [9.17, 15) is 0 Å². The molecule has 1 aliphatic rings. The van der Waals surface area contributed by atoms with Gasteiger partial charge in [0.05, 0.1) is 11.4 Å². The molecule has 1 nitrogen and oxygen atoms in total. The number of hydrogen-bond acceptors (Lipinski definition) is 1. The van der Waals surface area contributed by atoms with E-state index in [1.54, 1.807) is 0 Å². The zero-order valence-corrected chi connectivity index (χ0v) is 14.8. The summed E-state index contributed by atoms with van der Waals surface area (Å²) in [5, 5.41) is 0.765. The van der Waals surface area contributed by atoms with Crippen LogP contribution >= 0.6 is 43.5 Å². The molecule has 0 amide bonds. The maximum absolute atomic E-state index is 6.25. The molecule has 104 valence electrons. The van der Waals surface area contributed by atoms with Crippen molar-refractivity contribution < 1.29 is 4.74 Å². The highest BCUT2D eigenvalue weighted by molar-refractivity contribution is 9.10. The Hall–Kier alpha value is -0.510. The molecule has 0 aromatic heterocycles. The molecule has 0 saturated carbocycles. The Labute approximate surface area is 140 Å². The first-order valence-electron chi connectivity index (χ1n) is 6.41. The Kier molecular flexibility index (Phi) is 4.11. The maximum atomic E-state index is 6.25. The average molecular weight is 417 g/mol.